The van der Waals surface area contributed by atoms with E-state index >= 15 is 0 Å². The number of para-hydroxylation sites is 2. The van der Waals surface area contributed by atoms with Crippen molar-refractivity contribution in [3.05, 3.63) is 96.4 Å². The Labute approximate surface area is 185 Å². The number of aromatic nitrogens is 4. The number of anilines is 1. The third kappa shape index (κ3) is 3.69. The first-order chi connectivity index (χ1) is 15.2. The normalized spacial score (nSPS) is 10.9. The van der Waals surface area contributed by atoms with Crippen molar-refractivity contribution in [2.24, 2.45) is 0 Å². The van der Waals surface area contributed by atoms with Crippen LogP contribution in [-0.2, 0) is 0 Å². The van der Waals surface area contributed by atoms with E-state index in [0.29, 0.717) is 4.99 Å². The molecular weight excluding hydrogens is 402 g/mol. The van der Waals surface area contributed by atoms with Crippen LogP contribution in [0.4, 0.5) is 5.69 Å². The lowest BCUT2D eigenvalue weighted by molar-refractivity contribution is 1.07. The van der Waals surface area contributed by atoms with E-state index in [1.807, 2.05) is 85.9 Å². The van der Waals surface area contributed by atoms with E-state index in [4.69, 9.17) is 17.2 Å². The lowest BCUT2D eigenvalue weighted by atomic mass is 9.97. The maximum Gasteiger partial charge on any atom is 0.129 e. The number of rotatable bonds is 4. The van der Waals surface area contributed by atoms with Crippen LogP contribution in [0, 0.1) is 6.92 Å². The van der Waals surface area contributed by atoms with Crippen molar-refractivity contribution in [3.63, 3.8) is 0 Å². The lowest BCUT2D eigenvalue weighted by Crippen LogP contribution is -2.12. The van der Waals surface area contributed by atoms with E-state index in [-0.39, 0.29) is 0 Å². The molecule has 5 aromatic rings. The summed E-state index contributed by atoms with van der Waals surface area (Å²) in [5.74, 6) is 0. The Morgan fingerprint density at radius 1 is 0.903 bits per heavy atom. The van der Waals surface area contributed by atoms with Gasteiger partial charge in [0.1, 0.15) is 16.4 Å². The van der Waals surface area contributed by atoms with Gasteiger partial charge in [-0.05, 0) is 48.9 Å². The first-order valence-electron chi connectivity index (χ1n) is 9.93. The van der Waals surface area contributed by atoms with Crippen molar-refractivity contribution in [3.8, 4) is 22.5 Å². The van der Waals surface area contributed by atoms with E-state index < -0.39 is 0 Å². The summed E-state index contributed by atoms with van der Waals surface area (Å²) in [6.45, 7) is 1.97. The second kappa shape index (κ2) is 8.08. The summed E-state index contributed by atoms with van der Waals surface area (Å²) >= 11 is 5.78. The highest BCUT2D eigenvalue weighted by molar-refractivity contribution is 7.81. The third-order valence-corrected chi connectivity index (χ3v) is 5.38. The number of fused-ring (bicyclic) bond motifs is 1. The highest BCUT2D eigenvalue weighted by Crippen LogP contribution is 2.36. The second-order valence-corrected chi connectivity index (χ2v) is 7.59. The van der Waals surface area contributed by atoms with Gasteiger partial charge in [0.05, 0.1) is 11.2 Å². The Morgan fingerprint density at radius 2 is 1.71 bits per heavy atom. The molecule has 6 heteroatoms. The van der Waals surface area contributed by atoms with Crippen molar-refractivity contribution in [2.75, 3.05) is 5.32 Å². The fraction of sp³-hybridized carbons (Fsp3) is 0.0400. The van der Waals surface area contributed by atoms with E-state index in [0.717, 1.165) is 50.5 Å². The summed E-state index contributed by atoms with van der Waals surface area (Å²) in [4.78, 5) is 9.78. The molecule has 0 aliphatic heterocycles. The topological polar surface area (TPSA) is 66.5 Å². The van der Waals surface area contributed by atoms with Crippen molar-refractivity contribution in [1.82, 2.24) is 20.2 Å². The van der Waals surface area contributed by atoms with Gasteiger partial charge >= 0.3 is 0 Å². The molecule has 150 valence electrons. The number of nitrogens with one attached hydrogen (secondary N) is 2. The lowest BCUT2D eigenvalue weighted by Gasteiger charge is -2.12. The summed E-state index contributed by atoms with van der Waals surface area (Å²) < 4.78 is 0. The molecule has 2 N–H and O–H groups in total. The average molecular weight is 422 g/mol. The number of hydrogen-bond acceptors (Lipinski definition) is 4. The summed E-state index contributed by atoms with van der Waals surface area (Å²) in [5.41, 5.74) is 6.97. The van der Waals surface area contributed by atoms with Gasteiger partial charge in [-0.2, -0.15) is 5.10 Å². The molecule has 0 fully saturated rings. The maximum absolute atomic E-state index is 5.78. The van der Waals surface area contributed by atoms with Gasteiger partial charge in [0.25, 0.3) is 0 Å². The van der Waals surface area contributed by atoms with Gasteiger partial charge < -0.3 is 5.32 Å². The van der Waals surface area contributed by atoms with Gasteiger partial charge in [0.2, 0.25) is 0 Å². The van der Waals surface area contributed by atoms with Crippen LogP contribution >= 0.6 is 12.2 Å². The van der Waals surface area contributed by atoms with Crippen molar-refractivity contribution >= 4 is 33.8 Å². The van der Waals surface area contributed by atoms with Crippen LogP contribution in [0.2, 0.25) is 0 Å². The molecule has 3 aromatic heterocycles. The molecule has 0 radical (unpaired) electrons. The fourth-order valence-electron chi connectivity index (χ4n) is 3.66. The van der Waals surface area contributed by atoms with Crippen LogP contribution in [0.15, 0.2) is 85.1 Å². The van der Waals surface area contributed by atoms with Crippen molar-refractivity contribution in [1.29, 1.82) is 0 Å². The smallest absolute Gasteiger partial charge is 0.129 e. The Balaban J connectivity index is 1.72. The van der Waals surface area contributed by atoms with E-state index in [2.05, 4.69) is 26.6 Å². The number of pyridine rings is 2. The minimum absolute atomic E-state index is 0.563. The molecule has 3 heterocycles. The van der Waals surface area contributed by atoms with Gasteiger partial charge in [-0.25, -0.2) is 0 Å². The fourth-order valence-corrected chi connectivity index (χ4v) is 3.92. The van der Waals surface area contributed by atoms with Crippen LogP contribution in [0.5, 0.6) is 0 Å². The number of hydrogen-bond donors (Lipinski definition) is 2. The predicted octanol–water partition coefficient (Wildman–Crippen LogP) is 5.78. The molecule has 0 aliphatic rings. The van der Waals surface area contributed by atoms with Gasteiger partial charge in [-0.1, -0.05) is 54.7 Å². The molecule has 0 amide bonds. The van der Waals surface area contributed by atoms with Crippen LogP contribution in [0.3, 0.4) is 0 Å². The van der Waals surface area contributed by atoms with E-state index in [1.54, 1.807) is 0 Å². The largest absolute Gasteiger partial charge is 0.345 e. The average Bonchev–Trinajstić information content (AvgIpc) is 3.24. The van der Waals surface area contributed by atoms with Gasteiger partial charge in [-0.15, -0.1) is 0 Å². The zero-order chi connectivity index (χ0) is 21.2. The Bertz CT molecular complexity index is 1390. The number of thiocarbonyl (C=S) groups is 1. The SMILES string of the molecule is Cc1cccc(-c2n[nH]c(C(=S)Nc3ccccc3)c2-c2ccnc3ccccc23)n1. The highest BCUT2D eigenvalue weighted by atomic mass is 32.1. The van der Waals surface area contributed by atoms with Gasteiger partial charge in [0, 0.05) is 28.5 Å². The summed E-state index contributed by atoms with van der Waals surface area (Å²) in [7, 11) is 0. The Kier molecular flexibility index (Phi) is 4.98. The Morgan fingerprint density at radius 3 is 2.55 bits per heavy atom. The van der Waals surface area contributed by atoms with Crippen LogP contribution in [0.25, 0.3) is 33.4 Å². The maximum atomic E-state index is 5.78. The molecule has 5 nitrogen and oxygen atoms in total. The third-order valence-electron chi connectivity index (χ3n) is 5.07. The number of aryl methyl sites for hydroxylation is 1. The molecule has 0 atom stereocenters. The number of benzene rings is 2. The van der Waals surface area contributed by atoms with Crippen LogP contribution in [0.1, 0.15) is 11.4 Å². The molecular formula is C25H19N5S. The first-order valence-corrected chi connectivity index (χ1v) is 10.3. The molecule has 0 saturated heterocycles. The molecule has 0 unspecified atom stereocenters. The van der Waals surface area contributed by atoms with Gasteiger partial charge in [0.15, 0.2) is 0 Å². The minimum Gasteiger partial charge on any atom is -0.345 e. The molecule has 0 saturated carbocycles. The molecule has 2 aromatic carbocycles. The second-order valence-electron chi connectivity index (χ2n) is 7.18. The summed E-state index contributed by atoms with van der Waals surface area (Å²) in [6.07, 6.45) is 1.82. The monoisotopic (exact) mass is 421 g/mol. The standard InChI is InChI=1S/C25H19N5S/c1-16-8-7-13-21(27-16)23-22(19-14-15-26-20-12-6-5-11-18(19)20)24(30-29-23)25(31)28-17-9-3-2-4-10-17/h2-15H,1H3,(H,28,31)(H,29,30). The van der Waals surface area contributed by atoms with Crippen LogP contribution in [-0.4, -0.2) is 25.2 Å². The molecule has 0 bridgehead atoms. The first kappa shape index (κ1) is 19.1. The molecule has 31 heavy (non-hydrogen) atoms. The summed E-state index contributed by atoms with van der Waals surface area (Å²) in [6, 6.07) is 25.9. The van der Waals surface area contributed by atoms with E-state index in [1.165, 1.54) is 0 Å². The zero-order valence-corrected chi connectivity index (χ0v) is 17.6. The molecule has 5 rings (SSSR count). The molecule has 0 aliphatic carbocycles. The quantitative estimate of drug-likeness (QED) is 0.360. The predicted molar refractivity (Wildman–Crippen MR) is 129 cm³/mol. The number of aromatic amines is 1. The van der Waals surface area contributed by atoms with Crippen molar-refractivity contribution in [2.45, 2.75) is 6.92 Å². The Hall–Kier alpha value is -3.90. The molecule has 0 spiro atoms. The van der Waals surface area contributed by atoms with Crippen molar-refractivity contribution < 1.29 is 0 Å². The van der Waals surface area contributed by atoms with Gasteiger partial charge in [-0.3, -0.25) is 15.1 Å². The minimum atomic E-state index is 0.563. The van der Waals surface area contributed by atoms with E-state index in [9.17, 15) is 0 Å². The number of H-pyrrole nitrogens is 1. The number of nitrogens with zero attached hydrogens (tertiary/aromatic N) is 3. The summed E-state index contributed by atoms with van der Waals surface area (Å²) in [5, 5.41) is 12.1. The zero-order valence-electron chi connectivity index (χ0n) is 16.8. The highest BCUT2D eigenvalue weighted by Gasteiger charge is 2.22. The van der Waals surface area contributed by atoms with Crippen LogP contribution < -0.4 is 5.32 Å².